The van der Waals surface area contributed by atoms with Gasteiger partial charge in [0.15, 0.2) is 5.78 Å². The number of esters is 1. The van der Waals surface area contributed by atoms with Crippen molar-refractivity contribution in [3.63, 3.8) is 0 Å². The average molecular weight is 276 g/mol. The van der Waals surface area contributed by atoms with Gasteiger partial charge in [-0.25, -0.2) is 4.79 Å². The molecule has 1 rings (SSSR count). The predicted molar refractivity (Wildman–Crippen MR) is 77.1 cm³/mol. The smallest absolute Gasteiger partial charge is 0.330 e. The Bertz CT molecular complexity index is 515. The molecule has 108 valence electrons. The average Bonchev–Trinajstić information content (AvgIpc) is 2.43. The summed E-state index contributed by atoms with van der Waals surface area (Å²) in [6, 6.07) is 5.35. The maximum atomic E-state index is 12.0. The molecule has 0 fully saturated rings. The molecule has 0 aliphatic heterocycles. The van der Waals surface area contributed by atoms with Crippen LogP contribution in [0.1, 0.15) is 36.7 Å². The van der Waals surface area contributed by atoms with E-state index in [1.807, 2.05) is 26.8 Å². The lowest BCUT2D eigenvalue weighted by Gasteiger charge is -2.12. The van der Waals surface area contributed by atoms with Crippen LogP contribution in [-0.2, 0) is 16.0 Å². The number of methoxy groups -OCH3 is 1. The molecule has 1 aromatic rings. The number of carbonyl (C=O) groups excluding carboxylic acids is 2. The molecule has 0 saturated carbocycles. The second-order valence-corrected chi connectivity index (χ2v) is 4.56. The highest BCUT2D eigenvalue weighted by atomic mass is 16.5. The Morgan fingerprint density at radius 3 is 2.50 bits per heavy atom. The fourth-order valence-electron chi connectivity index (χ4n) is 1.75. The fourth-order valence-corrected chi connectivity index (χ4v) is 1.75. The van der Waals surface area contributed by atoms with Crippen LogP contribution in [0.25, 0.3) is 0 Å². The maximum absolute atomic E-state index is 12.0. The van der Waals surface area contributed by atoms with Crippen molar-refractivity contribution < 1.29 is 19.1 Å². The second-order valence-electron chi connectivity index (χ2n) is 4.56. The minimum atomic E-state index is -0.545. The summed E-state index contributed by atoms with van der Waals surface area (Å²) in [7, 11) is 1.27. The number of rotatable bonds is 6. The van der Waals surface area contributed by atoms with E-state index in [-0.39, 0.29) is 11.9 Å². The van der Waals surface area contributed by atoms with Gasteiger partial charge < -0.3 is 9.47 Å². The molecule has 0 spiro atoms. The zero-order chi connectivity index (χ0) is 15.1. The van der Waals surface area contributed by atoms with E-state index in [0.717, 1.165) is 17.4 Å². The first-order valence-corrected chi connectivity index (χ1v) is 6.57. The van der Waals surface area contributed by atoms with Crippen molar-refractivity contribution in [3.8, 4) is 5.75 Å². The molecule has 0 radical (unpaired) electrons. The number of carbonyl (C=O) groups is 2. The molecular formula is C16H20O4. The highest BCUT2D eigenvalue weighted by molar-refractivity contribution is 6.08. The van der Waals surface area contributed by atoms with Crippen LogP contribution in [0.5, 0.6) is 5.75 Å². The van der Waals surface area contributed by atoms with Gasteiger partial charge in [0, 0.05) is 11.6 Å². The Hall–Kier alpha value is -2.10. The summed E-state index contributed by atoms with van der Waals surface area (Å²) >= 11 is 0. The molecule has 0 heterocycles. The van der Waals surface area contributed by atoms with Gasteiger partial charge in [-0.15, -0.1) is 0 Å². The minimum Gasteiger partial charge on any atom is -0.491 e. The lowest BCUT2D eigenvalue weighted by atomic mass is 10.0. The minimum absolute atomic E-state index is 0.0838. The van der Waals surface area contributed by atoms with Crippen LogP contribution < -0.4 is 4.74 Å². The van der Waals surface area contributed by atoms with Gasteiger partial charge >= 0.3 is 5.97 Å². The summed E-state index contributed by atoms with van der Waals surface area (Å²) in [4.78, 5) is 23.0. The third-order valence-electron chi connectivity index (χ3n) is 2.67. The van der Waals surface area contributed by atoms with E-state index in [4.69, 9.17) is 4.74 Å². The third-order valence-corrected chi connectivity index (χ3v) is 2.67. The molecule has 1 aromatic carbocycles. The lowest BCUT2D eigenvalue weighted by Crippen LogP contribution is -2.07. The van der Waals surface area contributed by atoms with Gasteiger partial charge in [0.2, 0.25) is 0 Å². The first-order chi connectivity index (χ1) is 9.47. The van der Waals surface area contributed by atoms with Gasteiger partial charge in [0.1, 0.15) is 5.75 Å². The van der Waals surface area contributed by atoms with E-state index < -0.39 is 5.97 Å². The summed E-state index contributed by atoms with van der Waals surface area (Å²) in [5, 5.41) is 0. The van der Waals surface area contributed by atoms with Crippen LogP contribution in [-0.4, -0.2) is 25.0 Å². The number of ether oxygens (including phenoxy) is 2. The van der Waals surface area contributed by atoms with Gasteiger partial charge in [-0.3, -0.25) is 4.79 Å². The molecule has 0 N–H and O–H groups in total. The van der Waals surface area contributed by atoms with Crippen molar-refractivity contribution in [3.05, 3.63) is 41.5 Å². The monoisotopic (exact) mass is 276 g/mol. The van der Waals surface area contributed by atoms with Crippen LogP contribution in [0.3, 0.4) is 0 Å². The third kappa shape index (κ3) is 4.53. The van der Waals surface area contributed by atoms with E-state index in [2.05, 4.69) is 4.74 Å². The van der Waals surface area contributed by atoms with Gasteiger partial charge in [-0.05, 0) is 50.1 Å². The van der Waals surface area contributed by atoms with Crippen LogP contribution >= 0.6 is 0 Å². The summed E-state index contributed by atoms with van der Waals surface area (Å²) in [5.74, 6) is -0.0233. The van der Waals surface area contributed by atoms with Crippen molar-refractivity contribution in [2.24, 2.45) is 0 Å². The molecule has 4 nitrogen and oxygen atoms in total. The van der Waals surface area contributed by atoms with Crippen LogP contribution in [0.4, 0.5) is 0 Å². The highest BCUT2D eigenvalue weighted by Crippen LogP contribution is 2.20. The summed E-state index contributed by atoms with van der Waals surface area (Å²) in [5.41, 5.74) is 1.46. The molecular weight excluding hydrogens is 256 g/mol. The summed E-state index contributed by atoms with van der Waals surface area (Å²) in [6.07, 6.45) is 3.15. The number of hydrogen-bond acceptors (Lipinski definition) is 4. The topological polar surface area (TPSA) is 52.6 Å². The van der Waals surface area contributed by atoms with Gasteiger partial charge in [0.05, 0.1) is 13.2 Å². The maximum Gasteiger partial charge on any atom is 0.330 e. The Kier molecular flexibility index (Phi) is 5.97. The number of benzene rings is 1. The standard InChI is InChI=1S/C16H20O4/c1-5-12-10-13(20-11(2)3)6-7-14(12)15(17)8-9-16(18)19-4/h6-11H,5H2,1-4H3/b9-8+. The summed E-state index contributed by atoms with van der Waals surface area (Å²) in [6.45, 7) is 5.86. The van der Waals surface area contributed by atoms with E-state index in [1.165, 1.54) is 13.2 Å². The molecule has 0 aliphatic rings. The number of hydrogen-bond donors (Lipinski definition) is 0. The molecule has 0 aromatic heterocycles. The molecule has 4 heteroatoms. The molecule has 0 unspecified atom stereocenters. The van der Waals surface area contributed by atoms with Crippen LogP contribution in [0.15, 0.2) is 30.4 Å². The van der Waals surface area contributed by atoms with Crippen molar-refractivity contribution >= 4 is 11.8 Å². The van der Waals surface area contributed by atoms with Gasteiger partial charge in [-0.2, -0.15) is 0 Å². The van der Waals surface area contributed by atoms with Crippen LogP contribution in [0.2, 0.25) is 0 Å². The predicted octanol–water partition coefficient (Wildman–Crippen LogP) is 2.95. The Labute approximate surface area is 119 Å². The lowest BCUT2D eigenvalue weighted by molar-refractivity contribution is -0.134. The normalized spacial score (nSPS) is 10.8. The molecule has 0 amide bonds. The van der Waals surface area contributed by atoms with Gasteiger partial charge in [0.25, 0.3) is 0 Å². The van der Waals surface area contributed by atoms with Gasteiger partial charge in [-0.1, -0.05) is 6.92 Å². The molecule has 0 aliphatic carbocycles. The molecule has 0 bridgehead atoms. The number of allylic oxidation sites excluding steroid dienone is 1. The van der Waals surface area contributed by atoms with Crippen molar-refractivity contribution in [2.75, 3.05) is 7.11 Å². The largest absolute Gasteiger partial charge is 0.491 e. The first kappa shape index (κ1) is 16.0. The number of aryl methyl sites for hydroxylation is 1. The van der Waals surface area contributed by atoms with Crippen molar-refractivity contribution in [2.45, 2.75) is 33.3 Å². The van der Waals surface area contributed by atoms with E-state index >= 15 is 0 Å². The molecule has 0 atom stereocenters. The Balaban J connectivity index is 2.97. The Morgan fingerprint density at radius 2 is 1.95 bits per heavy atom. The van der Waals surface area contributed by atoms with Crippen molar-refractivity contribution in [1.29, 1.82) is 0 Å². The fraction of sp³-hybridized carbons (Fsp3) is 0.375. The second kappa shape index (κ2) is 7.48. The van der Waals surface area contributed by atoms with E-state index in [1.54, 1.807) is 12.1 Å². The van der Waals surface area contributed by atoms with E-state index in [0.29, 0.717) is 12.0 Å². The SMILES string of the molecule is CCc1cc(OC(C)C)ccc1C(=O)/C=C/C(=O)OC. The zero-order valence-corrected chi connectivity index (χ0v) is 12.3. The molecule has 0 saturated heterocycles. The first-order valence-electron chi connectivity index (χ1n) is 6.57. The number of ketones is 1. The van der Waals surface area contributed by atoms with Crippen molar-refractivity contribution in [1.82, 2.24) is 0 Å². The quantitative estimate of drug-likeness (QED) is 0.455. The summed E-state index contributed by atoms with van der Waals surface area (Å²) < 4.78 is 10.1. The van der Waals surface area contributed by atoms with Crippen LogP contribution in [0, 0.1) is 0 Å². The zero-order valence-electron chi connectivity index (χ0n) is 12.3. The Morgan fingerprint density at radius 1 is 1.25 bits per heavy atom. The highest BCUT2D eigenvalue weighted by Gasteiger charge is 2.10. The van der Waals surface area contributed by atoms with E-state index in [9.17, 15) is 9.59 Å². The molecule has 20 heavy (non-hydrogen) atoms.